The predicted molar refractivity (Wildman–Crippen MR) is 95.9 cm³/mol. The van der Waals surface area contributed by atoms with E-state index in [9.17, 15) is 9.59 Å². The summed E-state index contributed by atoms with van der Waals surface area (Å²) in [4.78, 5) is 25.9. The van der Waals surface area contributed by atoms with Crippen LogP contribution in [-0.4, -0.2) is 42.3 Å². The maximum atomic E-state index is 12.5. The maximum Gasteiger partial charge on any atom is 0.252 e. The fourth-order valence-corrected chi connectivity index (χ4v) is 3.77. The van der Waals surface area contributed by atoms with Crippen molar-refractivity contribution in [3.63, 3.8) is 0 Å². The highest BCUT2D eigenvalue weighted by Gasteiger charge is 2.34. The Balaban J connectivity index is 1.72. The molecule has 0 aliphatic carbocycles. The van der Waals surface area contributed by atoms with Gasteiger partial charge < -0.3 is 9.64 Å². The lowest BCUT2D eigenvalue weighted by atomic mass is 10.1. The van der Waals surface area contributed by atoms with Crippen LogP contribution < -0.4 is 10.2 Å². The Morgan fingerprint density at radius 2 is 2.20 bits per heavy atom. The molecule has 3 rings (SSSR count). The van der Waals surface area contributed by atoms with Crippen molar-refractivity contribution in [2.24, 2.45) is 0 Å². The first-order valence-electron chi connectivity index (χ1n) is 8.12. The lowest BCUT2D eigenvalue weighted by Crippen LogP contribution is -2.25. The normalized spacial score (nSPS) is 17.1. The number of methoxy groups -OCH3 is 1. The van der Waals surface area contributed by atoms with Gasteiger partial charge in [-0.2, -0.15) is 0 Å². The Kier molecular flexibility index (Phi) is 5.40. The highest BCUT2D eigenvalue weighted by molar-refractivity contribution is 7.15. The lowest BCUT2D eigenvalue weighted by molar-refractivity contribution is -0.119. The number of aromatic nitrogens is 2. The number of hydrogen-bond donors (Lipinski definition) is 1. The molecule has 1 fully saturated rings. The highest BCUT2D eigenvalue weighted by Crippen LogP contribution is 2.35. The maximum absolute atomic E-state index is 12.5. The van der Waals surface area contributed by atoms with Gasteiger partial charge in [-0.3, -0.25) is 14.9 Å². The number of benzene rings is 1. The van der Waals surface area contributed by atoms with Crippen molar-refractivity contribution in [1.29, 1.82) is 0 Å². The van der Waals surface area contributed by atoms with Crippen LogP contribution in [0.4, 0.5) is 10.8 Å². The van der Waals surface area contributed by atoms with E-state index >= 15 is 0 Å². The first-order chi connectivity index (χ1) is 12.1. The van der Waals surface area contributed by atoms with Gasteiger partial charge in [-0.15, -0.1) is 10.2 Å². The van der Waals surface area contributed by atoms with Crippen LogP contribution in [0.2, 0.25) is 0 Å². The number of carbonyl (C=O) groups excluding carboxylic acids is 2. The molecular formula is C17H20N4O3S. The Morgan fingerprint density at radius 3 is 2.96 bits per heavy atom. The molecule has 0 spiro atoms. The van der Waals surface area contributed by atoms with E-state index in [0.717, 1.165) is 22.7 Å². The van der Waals surface area contributed by atoms with Crippen molar-refractivity contribution in [3.8, 4) is 0 Å². The molecule has 1 aliphatic rings. The van der Waals surface area contributed by atoms with E-state index in [1.807, 2.05) is 29.2 Å². The van der Waals surface area contributed by atoms with Crippen LogP contribution in [0.3, 0.4) is 0 Å². The number of aryl methyl sites for hydroxylation is 1. The highest BCUT2D eigenvalue weighted by atomic mass is 32.1. The molecular weight excluding hydrogens is 340 g/mol. The van der Waals surface area contributed by atoms with Gasteiger partial charge in [0.25, 0.3) is 5.91 Å². The molecule has 8 heteroatoms. The number of nitrogens with one attached hydrogen (secondary N) is 1. The average Bonchev–Trinajstić information content (AvgIpc) is 3.21. The third-order valence-electron chi connectivity index (χ3n) is 4.10. The number of anilines is 2. The third-order valence-corrected chi connectivity index (χ3v) is 5.10. The summed E-state index contributed by atoms with van der Waals surface area (Å²) in [5.74, 6) is -0.194. The Hall–Kier alpha value is -2.32. The summed E-state index contributed by atoms with van der Waals surface area (Å²) in [7, 11) is 1.46. The van der Waals surface area contributed by atoms with Crippen LogP contribution in [0.15, 0.2) is 24.3 Å². The van der Waals surface area contributed by atoms with E-state index < -0.39 is 0 Å². The summed E-state index contributed by atoms with van der Waals surface area (Å²) in [5.41, 5.74) is 2.12. The van der Waals surface area contributed by atoms with Gasteiger partial charge in [0.2, 0.25) is 11.0 Å². The van der Waals surface area contributed by atoms with Crippen molar-refractivity contribution in [3.05, 3.63) is 34.8 Å². The van der Waals surface area contributed by atoms with Crippen LogP contribution in [0.5, 0.6) is 0 Å². The molecule has 25 heavy (non-hydrogen) atoms. The minimum atomic E-state index is -0.272. The first-order valence-corrected chi connectivity index (χ1v) is 8.94. The molecule has 1 aliphatic heterocycles. The summed E-state index contributed by atoms with van der Waals surface area (Å²) in [5, 5.41) is 12.0. The second-order valence-corrected chi connectivity index (χ2v) is 6.82. The minimum absolute atomic E-state index is 0.0111. The van der Waals surface area contributed by atoms with Gasteiger partial charge in [-0.25, -0.2) is 0 Å². The number of hydrogen-bond acceptors (Lipinski definition) is 6. The van der Waals surface area contributed by atoms with Gasteiger partial charge in [0.1, 0.15) is 11.6 Å². The van der Waals surface area contributed by atoms with Crippen LogP contribution in [0.1, 0.15) is 29.8 Å². The zero-order valence-electron chi connectivity index (χ0n) is 14.2. The first kappa shape index (κ1) is 17.5. The summed E-state index contributed by atoms with van der Waals surface area (Å²) in [6.07, 6.45) is 1.28. The van der Waals surface area contributed by atoms with E-state index in [2.05, 4.69) is 22.4 Å². The molecule has 2 amide bonds. The molecule has 0 radical (unpaired) electrons. The SMILES string of the molecule is CCc1ccccc1N1C[C@H](c2nnc(NC(=O)COC)s2)CC1=O. The molecule has 2 heterocycles. The smallest absolute Gasteiger partial charge is 0.252 e. The Labute approximate surface area is 150 Å². The summed E-state index contributed by atoms with van der Waals surface area (Å²) >= 11 is 1.30. The fourth-order valence-electron chi connectivity index (χ4n) is 2.92. The van der Waals surface area contributed by atoms with Crippen LogP contribution in [0.25, 0.3) is 0 Å². The summed E-state index contributed by atoms with van der Waals surface area (Å²) < 4.78 is 4.77. The van der Waals surface area contributed by atoms with E-state index in [0.29, 0.717) is 18.1 Å². The van der Waals surface area contributed by atoms with Crippen molar-refractivity contribution in [2.45, 2.75) is 25.7 Å². The van der Waals surface area contributed by atoms with Gasteiger partial charge in [0.15, 0.2) is 0 Å². The molecule has 1 N–H and O–H groups in total. The number of ether oxygens (including phenoxy) is 1. The van der Waals surface area contributed by atoms with Crippen LogP contribution >= 0.6 is 11.3 Å². The van der Waals surface area contributed by atoms with Crippen LogP contribution in [-0.2, 0) is 20.7 Å². The quantitative estimate of drug-likeness (QED) is 0.854. The minimum Gasteiger partial charge on any atom is -0.375 e. The third kappa shape index (κ3) is 3.85. The number of nitrogens with zero attached hydrogens (tertiary/aromatic N) is 3. The second kappa shape index (κ2) is 7.71. The molecule has 1 atom stereocenters. The number of para-hydroxylation sites is 1. The van der Waals surface area contributed by atoms with Gasteiger partial charge in [0.05, 0.1) is 0 Å². The summed E-state index contributed by atoms with van der Waals surface area (Å²) in [6, 6.07) is 7.96. The van der Waals surface area contributed by atoms with Gasteiger partial charge in [0, 0.05) is 31.7 Å². The molecule has 0 saturated carbocycles. The standard InChI is InChI=1S/C17H20N4O3S/c1-3-11-6-4-5-7-13(11)21-9-12(8-15(21)23)16-19-20-17(25-16)18-14(22)10-24-2/h4-7,12H,3,8-10H2,1-2H3,(H,18,20,22)/t12-/m1/s1. The molecule has 132 valence electrons. The molecule has 7 nitrogen and oxygen atoms in total. The molecule has 1 saturated heterocycles. The van der Waals surface area contributed by atoms with Crippen molar-refractivity contribution >= 4 is 34.0 Å². The zero-order valence-corrected chi connectivity index (χ0v) is 15.0. The van der Waals surface area contributed by atoms with Gasteiger partial charge >= 0.3 is 0 Å². The van der Waals surface area contributed by atoms with Crippen molar-refractivity contribution in [2.75, 3.05) is 30.5 Å². The Morgan fingerprint density at radius 1 is 1.40 bits per heavy atom. The predicted octanol–water partition coefficient (Wildman–Crippen LogP) is 2.21. The fraction of sp³-hybridized carbons (Fsp3) is 0.412. The molecule has 2 aromatic rings. The van der Waals surface area contributed by atoms with Crippen molar-refractivity contribution < 1.29 is 14.3 Å². The number of amides is 2. The van der Waals surface area contributed by atoms with Crippen LogP contribution in [0, 0.1) is 0 Å². The number of rotatable bonds is 6. The molecule has 0 unspecified atom stereocenters. The van der Waals surface area contributed by atoms with E-state index in [-0.39, 0.29) is 24.3 Å². The number of carbonyl (C=O) groups is 2. The van der Waals surface area contributed by atoms with E-state index in [4.69, 9.17) is 4.74 Å². The lowest BCUT2D eigenvalue weighted by Gasteiger charge is -2.19. The van der Waals surface area contributed by atoms with Crippen molar-refractivity contribution in [1.82, 2.24) is 10.2 Å². The van der Waals surface area contributed by atoms with Gasteiger partial charge in [-0.1, -0.05) is 36.5 Å². The molecule has 0 bridgehead atoms. The summed E-state index contributed by atoms with van der Waals surface area (Å²) in [6.45, 7) is 2.63. The van der Waals surface area contributed by atoms with Gasteiger partial charge in [-0.05, 0) is 18.1 Å². The van der Waals surface area contributed by atoms with E-state index in [1.165, 1.54) is 18.4 Å². The topological polar surface area (TPSA) is 84.4 Å². The average molecular weight is 360 g/mol. The Bertz CT molecular complexity index is 777. The van der Waals surface area contributed by atoms with E-state index in [1.54, 1.807) is 0 Å². The monoisotopic (exact) mass is 360 g/mol. The molecule has 1 aromatic carbocycles. The molecule has 1 aromatic heterocycles. The second-order valence-electron chi connectivity index (χ2n) is 5.81. The zero-order chi connectivity index (χ0) is 17.8. The largest absolute Gasteiger partial charge is 0.375 e.